The van der Waals surface area contributed by atoms with Gasteiger partial charge in [-0.2, -0.15) is 0 Å². The molecular formula is C15H23NO2S. The van der Waals surface area contributed by atoms with Gasteiger partial charge < -0.3 is 5.73 Å². The van der Waals surface area contributed by atoms with Crippen LogP contribution in [0.15, 0.2) is 29.2 Å². The fourth-order valence-corrected chi connectivity index (χ4v) is 3.51. The number of sulfone groups is 1. The Bertz CT molecular complexity index is 501. The van der Waals surface area contributed by atoms with Gasteiger partial charge >= 0.3 is 0 Å². The van der Waals surface area contributed by atoms with Gasteiger partial charge in [-0.25, -0.2) is 8.42 Å². The standard InChI is InChI=1S/C15H23NO2S/c1-19(17,18)14-9-7-13(8-10-14)15(16)11-12-5-3-2-4-6-12/h7-10,12,15H,2-6,11,16H2,1H3. The molecular weight excluding hydrogens is 258 g/mol. The van der Waals surface area contributed by atoms with E-state index in [0.717, 1.165) is 17.9 Å². The highest BCUT2D eigenvalue weighted by molar-refractivity contribution is 7.90. The summed E-state index contributed by atoms with van der Waals surface area (Å²) in [7, 11) is -3.11. The average Bonchev–Trinajstić information content (AvgIpc) is 2.39. The molecule has 1 atom stereocenters. The van der Waals surface area contributed by atoms with Gasteiger partial charge in [-0.15, -0.1) is 0 Å². The van der Waals surface area contributed by atoms with Crippen LogP contribution in [0.25, 0.3) is 0 Å². The lowest BCUT2D eigenvalue weighted by Crippen LogP contribution is -2.17. The van der Waals surface area contributed by atoms with Crippen molar-refractivity contribution in [1.29, 1.82) is 0 Å². The lowest BCUT2D eigenvalue weighted by Gasteiger charge is -2.24. The minimum Gasteiger partial charge on any atom is -0.324 e. The highest BCUT2D eigenvalue weighted by Crippen LogP contribution is 2.31. The SMILES string of the molecule is CS(=O)(=O)c1ccc(C(N)CC2CCCCC2)cc1. The van der Waals surface area contributed by atoms with Crippen LogP contribution in [0.1, 0.15) is 50.1 Å². The third-order valence-electron chi connectivity index (χ3n) is 4.05. The Morgan fingerprint density at radius 2 is 1.74 bits per heavy atom. The second-order valence-corrected chi connectivity index (χ2v) is 7.70. The second kappa shape index (κ2) is 6.06. The summed E-state index contributed by atoms with van der Waals surface area (Å²) in [5, 5.41) is 0. The molecule has 19 heavy (non-hydrogen) atoms. The molecule has 4 heteroatoms. The quantitative estimate of drug-likeness (QED) is 0.922. The van der Waals surface area contributed by atoms with Crippen LogP contribution in [-0.4, -0.2) is 14.7 Å². The van der Waals surface area contributed by atoms with E-state index in [-0.39, 0.29) is 6.04 Å². The van der Waals surface area contributed by atoms with Crippen LogP contribution >= 0.6 is 0 Å². The van der Waals surface area contributed by atoms with Crippen LogP contribution in [0.2, 0.25) is 0 Å². The van der Waals surface area contributed by atoms with Crippen LogP contribution in [0, 0.1) is 5.92 Å². The van der Waals surface area contributed by atoms with E-state index >= 15 is 0 Å². The maximum atomic E-state index is 11.4. The van der Waals surface area contributed by atoms with E-state index in [2.05, 4.69) is 0 Å². The molecule has 1 aliphatic rings. The first-order chi connectivity index (χ1) is 8.97. The van der Waals surface area contributed by atoms with Crippen LogP contribution in [0.5, 0.6) is 0 Å². The second-order valence-electron chi connectivity index (χ2n) is 5.69. The van der Waals surface area contributed by atoms with Crippen molar-refractivity contribution < 1.29 is 8.42 Å². The van der Waals surface area contributed by atoms with Crippen molar-refractivity contribution in [3.05, 3.63) is 29.8 Å². The summed E-state index contributed by atoms with van der Waals surface area (Å²) in [4.78, 5) is 0.362. The molecule has 0 aliphatic heterocycles. The fourth-order valence-electron chi connectivity index (χ4n) is 2.88. The van der Waals surface area contributed by atoms with E-state index < -0.39 is 9.84 Å². The van der Waals surface area contributed by atoms with E-state index in [1.54, 1.807) is 12.1 Å². The van der Waals surface area contributed by atoms with Gasteiger partial charge in [0, 0.05) is 12.3 Å². The monoisotopic (exact) mass is 281 g/mol. The molecule has 1 fully saturated rings. The Morgan fingerprint density at radius 3 is 2.26 bits per heavy atom. The first-order valence-corrected chi connectivity index (χ1v) is 8.91. The summed E-state index contributed by atoms with van der Waals surface area (Å²) in [6.45, 7) is 0. The molecule has 0 aromatic heterocycles. The maximum absolute atomic E-state index is 11.4. The zero-order chi connectivity index (χ0) is 13.9. The summed E-state index contributed by atoms with van der Waals surface area (Å²) in [5.41, 5.74) is 7.28. The first kappa shape index (κ1) is 14.5. The van der Waals surface area contributed by atoms with Gasteiger partial charge in [-0.05, 0) is 30.0 Å². The zero-order valence-corrected chi connectivity index (χ0v) is 12.3. The molecule has 1 aromatic carbocycles. The summed E-state index contributed by atoms with van der Waals surface area (Å²) in [6.07, 6.45) is 8.82. The molecule has 1 aromatic rings. The maximum Gasteiger partial charge on any atom is 0.175 e. The molecule has 1 unspecified atom stereocenters. The molecule has 0 spiro atoms. The highest BCUT2D eigenvalue weighted by atomic mass is 32.2. The van der Waals surface area contributed by atoms with Gasteiger partial charge in [0.25, 0.3) is 0 Å². The van der Waals surface area contributed by atoms with Gasteiger partial charge in [-0.3, -0.25) is 0 Å². The molecule has 0 amide bonds. The number of nitrogens with two attached hydrogens (primary N) is 1. The van der Waals surface area contributed by atoms with Crippen molar-refractivity contribution in [1.82, 2.24) is 0 Å². The van der Waals surface area contributed by atoms with E-state index in [1.165, 1.54) is 38.4 Å². The number of rotatable bonds is 4. The summed E-state index contributed by atoms with van der Waals surface area (Å²) in [6, 6.07) is 7.04. The van der Waals surface area contributed by atoms with Gasteiger partial charge in [0.05, 0.1) is 4.90 Å². The Morgan fingerprint density at radius 1 is 1.16 bits per heavy atom. The first-order valence-electron chi connectivity index (χ1n) is 7.02. The summed E-state index contributed by atoms with van der Waals surface area (Å²) < 4.78 is 22.8. The van der Waals surface area contributed by atoms with Crippen molar-refractivity contribution in [2.45, 2.75) is 49.5 Å². The number of hydrogen-bond donors (Lipinski definition) is 1. The minimum atomic E-state index is -3.11. The lowest BCUT2D eigenvalue weighted by atomic mass is 9.83. The third-order valence-corrected chi connectivity index (χ3v) is 5.18. The molecule has 0 heterocycles. The van der Waals surface area contributed by atoms with Gasteiger partial charge in [0.2, 0.25) is 0 Å². The van der Waals surface area contributed by atoms with Crippen molar-refractivity contribution >= 4 is 9.84 Å². The molecule has 1 aliphatic carbocycles. The molecule has 0 saturated heterocycles. The molecule has 0 bridgehead atoms. The Balaban J connectivity index is 2.01. The van der Waals surface area contributed by atoms with E-state index in [4.69, 9.17) is 5.73 Å². The minimum absolute atomic E-state index is 0.0247. The van der Waals surface area contributed by atoms with E-state index in [1.807, 2.05) is 12.1 Å². The topological polar surface area (TPSA) is 60.2 Å². The Hall–Kier alpha value is -0.870. The lowest BCUT2D eigenvalue weighted by molar-refractivity contribution is 0.319. The van der Waals surface area contributed by atoms with Gasteiger partial charge in [-0.1, -0.05) is 44.2 Å². The summed E-state index contributed by atoms with van der Waals surface area (Å²) >= 11 is 0. The van der Waals surface area contributed by atoms with Crippen molar-refractivity contribution in [2.24, 2.45) is 11.7 Å². The molecule has 2 rings (SSSR count). The zero-order valence-electron chi connectivity index (χ0n) is 11.5. The number of benzene rings is 1. The predicted molar refractivity (Wildman–Crippen MR) is 77.7 cm³/mol. The average molecular weight is 281 g/mol. The van der Waals surface area contributed by atoms with E-state index in [0.29, 0.717) is 4.90 Å². The van der Waals surface area contributed by atoms with Crippen molar-refractivity contribution in [3.8, 4) is 0 Å². The largest absolute Gasteiger partial charge is 0.324 e. The van der Waals surface area contributed by atoms with Gasteiger partial charge in [0.15, 0.2) is 9.84 Å². The van der Waals surface area contributed by atoms with Crippen LogP contribution in [0.4, 0.5) is 0 Å². The normalized spacial score (nSPS) is 19.3. The molecule has 106 valence electrons. The van der Waals surface area contributed by atoms with Gasteiger partial charge in [0.1, 0.15) is 0 Å². The highest BCUT2D eigenvalue weighted by Gasteiger charge is 2.18. The summed E-state index contributed by atoms with van der Waals surface area (Å²) in [5.74, 6) is 0.735. The fraction of sp³-hybridized carbons (Fsp3) is 0.600. The van der Waals surface area contributed by atoms with Crippen LogP contribution in [0.3, 0.4) is 0 Å². The Kier molecular flexibility index (Phi) is 4.63. The van der Waals surface area contributed by atoms with Crippen LogP contribution in [-0.2, 0) is 9.84 Å². The van der Waals surface area contributed by atoms with E-state index in [9.17, 15) is 8.42 Å². The third kappa shape index (κ3) is 4.05. The smallest absolute Gasteiger partial charge is 0.175 e. The molecule has 3 nitrogen and oxygen atoms in total. The molecule has 1 saturated carbocycles. The van der Waals surface area contributed by atoms with Crippen LogP contribution < -0.4 is 5.73 Å². The Labute approximate surface area is 116 Å². The predicted octanol–water partition coefficient (Wildman–Crippen LogP) is 3.06. The number of hydrogen-bond acceptors (Lipinski definition) is 3. The molecule has 0 radical (unpaired) electrons. The van der Waals surface area contributed by atoms with Crippen molar-refractivity contribution in [2.75, 3.05) is 6.26 Å². The van der Waals surface area contributed by atoms with Crippen molar-refractivity contribution in [3.63, 3.8) is 0 Å². The molecule has 2 N–H and O–H groups in total.